The van der Waals surface area contributed by atoms with Gasteiger partial charge in [0.1, 0.15) is 5.75 Å². The first kappa shape index (κ1) is 22.5. The highest BCUT2D eigenvalue weighted by Gasteiger charge is 2.20. The van der Waals surface area contributed by atoms with Crippen molar-refractivity contribution in [1.29, 1.82) is 0 Å². The maximum Gasteiger partial charge on any atom is 0.251 e. The first-order valence-electron chi connectivity index (χ1n) is 9.86. The van der Waals surface area contributed by atoms with Crippen molar-refractivity contribution in [2.24, 2.45) is 0 Å². The van der Waals surface area contributed by atoms with Gasteiger partial charge in [0.2, 0.25) is 10.0 Å². The maximum absolute atomic E-state index is 12.7. The molecular weight excluding hydrogens is 412 g/mol. The summed E-state index contributed by atoms with van der Waals surface area (Å²) in [4.78, 5) is 12.8. The molecule has 0 spiro atoms. The van der Waals surface area contributed by atoms with Gasteiger partial charge in [-0.05, 0) is 54.4 Å². The zero-order valence-electron chi connectivity index (χ0n) is 17.8. The molecule has 0 aromatic heterocycles. The van der Waals surface area contributed by atoms with Gasteiger partial charge in [0.25, 0.3) is 5.91 Å². The summed E-state index contributed by atoms with van der Waals surface area (Å²) in [5.74, 6) is 0.567. The molecule has 0 unspecified atom stereocenters. The van der Waals surface area contributed by atoms with E-state index in [2.05, 4.69) is 5.32 Å². The molecule has 1 atom stereocenters. The number of nitrogens with one attached hydrogen (secondary N) is 1. The Morgan fingerprint density at radius 2 is 1.58 bits per heavy atom. The minimum Gasteiger partial charge on any atom is -0.497 e. The van der Waals surface area contributed by atoms with Crippen molar-refractivity contribution in [1.82, 2.24) is 9.62 Å². The second-order valence-electron chi connectivity index (χ2n) is 7.24. The molecule has 3 aromatic carbocycles. The molecule has 0 aliphatic rings. The number of benzene rings is 3. The van der Waals surface area contributed by atoms with E-state index in [1.807, 2.05) is 31.2 Å². The first-order valence-corrected chi connectivity index (χ1v) is 11.3. The topological polar surface area (TPSA) is 75.7 Å². The van der Waals surface area contributed by atoms with Gasteiger partial charge in [0.05, 0.1) is 18.0 Å². The second-order valence-corrected chi connectivity index (χ2v) is 9.28. The molecule has 1 N–H and O–H groups in total. The van der Waals surface area contributed by atoms with Crippen molar-refractivity contribution in [3.8, 4) is 5.75 Å². The Morgan fingerprint density at radius 1 is 0.968 bits per heavy atom. The lowest BCUT2D eigenvalue weighted by Gasteiger charge is -2.18. The maximum atomic E-state index is 12.7. The van der Waals surface area contributed by atoms with Gasteiger partial charge < -0.3 is 10.1 Å². The largest absolute Gasteiger partial charge is 0.497 e. The standard InChI is InChI=1S/C24H26N2O4S/c1-18(20-13-15-22(30-3)16-14-20)25-24(27)21-11-9-19(10-12-21)17-26(2)31(28,29)23-7-5-4-6-8-23/h4-16,18H,17H2,1-3H3,(H,25,27)/t18-/m0/s1. The number of hydrogen-bond donors (Lipinski definition) is 1. The number of methoxy groups -OCH3 is 1. The van der Waals surface area contributed by atoms with Crippen molar-refractivity contribution in [3.63, 3.8) is 0 Å². The van der Waals surface area contributed by atoms with Crippen LogP contribution < -0.4 is 10.1 Å². The van der Waals surface area contributed by atoms with Crippen LogP contribution in [0.15, 0.2) is 83.8 Å². The third kappa shape index (κ3) is 5.51. The number of ether oxygens (including phenoxy) is 1. The van der Waals surface area contributed by atoms with Crippen molar-refractivity contribution < 1.29 is 17.9 Å². The van der Waals surface area contributed by atoms with Crippen LogP contribution in [0.5, 0.6) is 5.75 Å². The fraction of sp³-hybridized carbons (Fsp3) is 0.208. The fourth-order valence-corrected chi connectivity index (χ4v) is 4.31. The van der Waals surface area contributed by atoms with E-state index in [9.17, 15) is 13.2 Å². The molecule has 0 saturated heterocycles. The minimum atomic E-state index is -3.57. The summed E-state index contributed by atoms with van der Waals surface area (Å²) in [6, 6.07) is 22.6. The zero-order valence-corrected chi connectivity index (χ0v) is 18.6. The smallest absolute Gasteiger partial charge is 0.251 e. The van der Waals surface area contributed by atoms with E-state index in [1.54, 1.807) is 68.8 Å². The average molecular weight is 439 g/mol. The molecule has 1 amide bonds. The van der Waals surface area contributed by atoms with Crippen LogP contribution >= 0.6 is 0 Å². The summed E-state index contributed by atoms with van der Waals surface area (Å²) in [7, 11) is -0.419. The molecule has 162 valence electrons. The van der Waals surface area contributed by atoms with Gasteiger partial charge in [0.15, 0.2) is 0 Å². The van der Waals surface area contributed by atoms with Crippen molar-refractivity contribution in [2.45, 2.75) is 24.4 Å². The van der Waals surface area contributed by atoms with Crippen LogP contribution in [-0.2, 0) is 16.6 Å². The number of carbonyl (C=O) groups is 1. The van der Waals surface area contributed by atoms with Crippen LogP contribution in [-0.4, -0.2) is 32.8 Å². The number of carbonyl (C=O) groups excluding carboxylic acids is 1. The van der Waals surface area contributed by atoms with Crippen LogP contribution in [0.4, 0.5) is 0 Å². The van der Waals surface area contributed by atoms with Crippen LogP contribution in [0.1, 0.15) is 34.5 Å². The predicted molar refractivity (Wildman–Crippen MR) is 120 cm³/mol. The Balaban J connectivity index is 1.63. The highest BCUT2D eigenvalue weighted by Crippen LogP contribution is 2.19. The number of amides is 1. The van der Waals surface area contributed by atoms with E-state index < -0.39 is 10.0 Å². The van der Waals surface area contributed by atoms with Gasteiger partial charge in [-0.25, -0.2) is 8.42 Å². The number of hydrogen-bond acceptors (Lipinski definition) is 4. The lowest BCUT2D eigenvalue weighted by molar-refractivity contribution is 0.0940. The van der Waals surface area contributed by atoms with Gasteiger partial charge in [-0.15, -0.1) is 0 Å². The summed E-state index contributed by atoms with van der Waals surface area (Å²) in [6.07, 6.45) is 0. The third-order valence-corrected chi connectivity index (χ3v) is 6.85. The van der Waals surface area contributed by atoms with E-state index >= 15 is 0 Å². The number of sulfonamides is 1. The Morgan fingerprint density at radius 3 is 2.16 bits per heavy atom. The summed E-state index contributed by atoms with van der Waals surface area (Å²) >= 11 is 0. The molecule has 6 nitrogen and oxygen atoms in total. The van der Waals surface area contributed by atoms with E-state index in [0.717, 1.165) is 16.9 Å². The molecule has 0 bridgehead atoms. The van der Waals surface area contributed by atoms with Crippen LogP contribution in [0.3, 0.4) is 0 Å². The van der Waals surface area contributed by atoms with E-state index in [4.69, 9.17) is 4.74 Å². The highest BCUT2D eigenvalue weighted by molar-refractivity contribution is 7.89. The Kier molecular flexibility index (Phi) is 7.09. The van der Waals surface area contributed by atoms with Crippen LogP contribution in [0, 0.1) is 0 Å². The zero-order chi connectivity index (χ0) is 22.4. The molecule has 3 aromatic rings. The molecule has 0 saturated carbocycles. The van der Waals surface area contributed by atoms with E-state index in [1.165, 1.54) is 4.31 Å². The van der Waals surface area contributed by atoms with Crippen LogP contribution in [0.2, 0.25) is 0 Å². The monoisotopic (exact) mass is 438 g/mol. The fourth-order valence-electron chi connectivity index (χ4n) is 3.13. The molecular formula is C24H26N2O4S. The van der Waals surface area contributed by atoms with Gasteiger partial charge in [0, 0.05) is 19.2 Å². The normalized spacial score (nSPS) is 12.4. The molecule has 0 aliphatic heterocycles. The molecule has 0 aliphatic carbocycles. The van der Waals surface area contributed by atoms with Crippen molar-refractivity contribution in [2.75, 3.05) is 14.2 Å². The second kappa shape index (κ2) is 9.76. The average Bonchev–Trinajstić information content (AvgIpc) is 2.80. The molecule has 0 heterocycles. The Hall–Kier alpha value is -3.16. The molecule has 0 radical (unpaired) electrons. The molecule has 31 heavy (non-hydrogen) atoms. The first-order chi connectivity index (χ1) is 14.8. The molecule has 7 heteroatoms. The number of nitrogens with zero attached hydrogens (tertiary/aromatic N) is 1. The summed E-state index contributed by atoms with van der Waals surface area (Å²) in [6.45, 7) is 2.12. The summed E-state index contributed by atoms with van der Waals surface area (Å²) in [5, 5.41) is 2.97. The third-order valence-electron chi connectivity index (χ3n) is 5.04. The van der Waals surface area contributed by atoms with E-state index in [0.29, 0.717) is 5.56 Å². The Labute approximate surface area is 183 Å². The van der Waals surface area contributed by atoms with E-state index in [-0.39, 0.29) is 23.4 Å². The number of rotatable bonds is 8. The van der Waals surface area contributed by atoms with Crippen LogP contribution in [0.25, 0.3) is 0 Å². The van der Waals surface area contributed by atoms with Gasteiger partial charge >= 0.3 is 0 Å². The van der Waals surface area contributed by atoms with Crippen molar-refractivity contribution in [3.05, 3.63) is 95.6 Å². The van der Waals surface area contributed by atoms with Crippen molar-refractivity contribution >= 4 is 15.9 Å². The lowest BCUT2D eigenvalue weighted by atomic mass is 10.1. The lowest BCUT2D eigenvalue weighted by Crippen LogP contribution is -2.27. The minimum absolute atomic E-state index is 0.166. The SMILES string of the molecule is COc1ccc([C@H](C)NC(=O)c2ccc(CN(C)S(=O)(=O)c3ccccc3)cc2)cc1. The quantitative estimate of drug-likeness (QED) is 0.577. The molecule has 3 rings (SSSR count). The summed E-state index contributed by atoms with van der Waals surface area (Å²) in [5.41, 5.74) is 2.28. The predicted octanol–water partition coefficient (Wildman–Crippen LogP) is 4.01. The summed E-state index contributed by atoms with van der Waals surface area (Å²) < 4.78 is 31.8. The molecule has 0 fully saturated rings. The highest BCUT2D eigenvalue weighted by atomic mass is 32.2. The Bertz CT molecular complexity index is 1110. The van der Waals surface area contributed by atoms with Gasteiger partial charge in [-0.3, -0.25) is 4.79 Å². The van der Waals surface area contributed by atoms with Gasteiger partial charge in [-0.2, -0.15) is 4.31 Å². The van der Waals surface area contributed by atoms with Gasteiger partial charge in [-0.1, -0.05) is 42.5 Å².